The Morgan fingerprint density at radius 1 is 1.41 bits per heavy atom. The third kappa shape index (κ3) is 2.46. The number of hydrogen-bond acceptors (Lipinski definition) is 4. The van der Waals surface area contributed by atoms with Gasteiger partial charge in [0.25, 0.3) is 15.2 Å². The molecule has 0 atom stereocenters. The zero-order valence-electron chi connectivity index (χ0n) is 8.81. The lowest BCUT2D eigenvalue weighted by Crippen LogP contribution is -2.13. The maximum absolute atomic E-state index is 11.0. The van der Waals surface area contributed by atoms with Gasteiger partial charge in [0, 0.05) is 10.6 Å². The summed E-state index contributed by atoms with van der Waals surface area (Å²) in [5, 5.41) is 11.2. The van der Waals surface area contributed by atoms with Crippen LogP contribution in [0.2, 0.25) is 5.02 Å². The Hall–Kier alpha value is -1.44. The minimum absolute atomic E-state index is 0.258. The third-order valence-corrected chi connectivity index (χ3v) is 3.30. The predicted molar refractivity (Wildman–Crippen MR) is 62.9 cm³/mol. The normalized spacial score (nSPS) is 11.7. The number of primary sulfonamides is 1. The molecule has 1 aromatic heterocycles. The van der Waals surface area contributed by atoms with E-state index in [-0.39, 0.29) is 11.0 Å². The van der Waals surface area contributed by atoms with Crippen molar-refractivity contribution in [1.29, 1.82) is 0 Å². The van der Waals surface area contributed by atoms with Crippen molar-refractivity contribution in [3.63, 3.8) is 0 Å². The molecule has 0 spiro atoms. The van der Waals surface area contributed by atoms with Gasteiger partial charge in [-0.1, -0.05) is 11.6 Å². The van der Waals surface area contributed by atoms with Crippen molar-refractivity contribution in [3.8, 4) is 11.4 Å². The number of nitrogens with zero attached hydrogens (tertiary/aromatic N) is 2. The lowest BCUT2D eigenvalue weighted by molar-refractivity contribution is 0.589. The molecule has 0 aliphatic carbocycles. The van der Waals surface area contributed by atoms with E-state index in [2.05, 4.69) is 15.2 Å². The number of sulfonamides is 1. The van der Waals surface area contributed by atoms with Gasteiger partial charge in [-0.15, -0.1) is 0 Å². The van der Waals surface area contributed by atoms with Crippen LogP contribution in [0.4, 0.5) is 0 Å². The topological polar surface area (TPSA) is 102 Å². The molecule has 2 rings (SSSR count). The molecule has 2 aromatic rings. The van der Waals surface area contributed by atoms with Crippen molar-refractivity contribution in [2.45, 2.75) is 12.1 Å². The molecule has 90 valence electrons. The summed E-state index contributed by atoms with van der Waals surface area (Å²) in [4.78, 5) is 3.80. The molecule has 0 fully saturated rings. The molecule has 0 saturated heterocycles. The maximum atomic E-state index is 11.0. The van der Waals surface area contributed by atoms with Crippen LogP contribution in [-0.4, -0.2) is 23.6 Å². The third-order valence-electron chi connectivity index (χ3n) is 2.15. The van der Waals surface area contributed by atoms with Gasteiger partial charge in [0.1, 0.15) is 0 Å². The van der Waals surface area contributed by atoms with Crippen LogP contribution in [0.3, 0.4) is 0 Å². The van der Waals surface area contributed by atoms with Gasteiger partial charge in [0.2, 0.25) is 0 Å². The van der Waals surface area contributed by atoms with Crippen LogP contribution >= 0.6 is 11.6 Å². The fourth-order valence-electron chi connectivity index (χ4n) is 1.29. The summed E-state index contributed by atoms with van der Waals surface area (Å²) in [6.45, 7) is 1.83. The molecule has 3 N–H and O–H groups in total. The highest BCUT2D eigenvalue weighted by molar-refractivity contribution is 7.89. The van der Waals surface area contributed by atoms with E-state index in [1.54, 1.807) is 18.2 Å². The second kappa shape index (κ2) is 4.10. The molecule has 17 heavy (non-hydrogen) atoms. The van der Waals surface area contributed by atoms with Crippen molar-refractivity contribution in [3.05, 3.63) is 28.8 Å². The largest absolute Gasteiger partial charge is 0.273 e. The summed E-state index contributed by atoms with van der Waals surface area (Å²) in [5.41, 5.74) is 1.52. The lowest BCUT2D eigenvalue weighted by atomic mass is 10.1. The van der Waals surface area contributed by atoms with E-state index in [1.807, 2.05) is 6.92 Å². The Bertz CT molecular complexity index is 665. The van der Waals surface area contributed by atoms with E-state index in [4.69, 9.17) is 16.7 Å². The first-order valence-corrected chi connectivity index (χ1v) is 6.52. The van der Waals surface area contributed by atoms with Crippen LogP contribution in [-0.2, 0) is 10.0 Å². The molecule has 0 bridgehead atoms. The lowest BCUT2D eigenvalue weighted by Gasteiger charge is -1.99. The van der Waals surface area contributed by atoms with Crippen LogP contribution in [0.25, 0.3) is 11.4 Å². The van der Waals surface area contributed by atoms with Crippen LogP contribution < -0.4 is 5.14 Å². The second-order valence-corrected chi connectivity index (χ2v) is 5.36. The number of rotatable bonds is 2. The molecule has 8 heteroatoms. The molecule has 1 aromatic carbocycles. The van der Waals surface area contributed by atoms with E-state index in [0.29, 0.717) is 10.6 Å². The number of halogens is 1. The first kappa shape index (κ1) is 12.0. The van der Waals surface area contributed by atoms with Crippen LogP contribution in [0, 0.1) is 6.92 Å². The van der Waals surface area contributed by atoms with Crippen molar-refractivity contribution < 1.29 is 8.42 Å². The minimum Gasteiger partial charge on any atom is -0.248 e. The standard InChI is InChI=1S/C9H9ClN4O2S/c1-5-4-6(2-3-7(5)10)8-12-9(14-13-8)17(11,15)16/h2-4H,1H3,(H2,11,15,16)(H,12,13,14). The quantitative estimate of drug-likeness (QED) is 0.854. The summed E-state index contributed by atoms with van der Waals surface area (Å²) >= 11 is 5.88. The van der Waals surface area contributed by atoms with Crippen molar-refractivity contribution in [2.24, 2.45) is 5.14 Å². The van der Waals surface area contributed by atoms with E-state index < -0.39 is 10.0 Å². The minimum atomic E-state index is -3.86. The highest BCUT2D eigenvalue weighted by Gasteiger charge is 2.15. The smallest absolute Gasteiger partial charge is 0.248 e. The number of aryl methyl sites for hydroxylation is 1. The highest BCUT2D eigenvalue weighted by Crippen LogP contribution is 2.22. The van der Waals surface area contributed by atoms with Gasteiger partial charge in [0.15, 0.2) is 5.82 Å². The number of aromatic amines is 1. The molecule has 0 unspecified atom stereocenters. The summed E-state index contributed by atoms with van der Waals surface area (Å²) in [5.74, 6) is 0.258. The van der Waals surface area contributed by atoms with Gasteiger partial charge in [-0.05, 0) is 30.7 Å². The van der Waals surface area contributed by atoms with Gasteiger partial charge >= 0.3 is 0 Å². The van der Waals surface area contributed by atoms with E-state index in [9.17, 15) is 8.42 Å². The zero-order chi connectivity index (χ0) is 12.6. The summed E-state index contributed by atoms with van der Waals surface area (Å²) in [7, 11) is -3.86. The average Bonchev–Trinajstić information content (AvgIpc) is 2.70. The van der Waals surface area contributed by atoms with Crippen LogP contribution in [0.1, 0.15) is 5.56 Å². The van der Waals surface area contributed by atoms with Crippen LogP contribution in [0.5, 0.6) is 0 Å². The Morgan fingerprint density at radius 3 is 2.65 bits per heavy atom. The molecule has 0 saturated carbocycles. The molecule has 0 aliphatic heterocycles. The van der Waals surface area contributed by atoms with Gasteiger partial charge in [-0.25, -0.2) is 18.7 Å². The number of H-pyrrole nitrogens is 1. The number of hydrogen-bond donors (Lipinski definition) is 2. The summed E-state index contributed by atoms with van der Waals surface area (Å²) < 4.78 is 22.0. The Morgan fingerprint density at radius 2 is 2.12 bits per heavy atom. The van der Waals surface area contributed by atoms with Crippen molar-refractivity contribution in [2.75, 3.05) is 0 Å². The molecular formula is C9H9ClN4O2S. The number of aromatic nitrogens is 3. The predicted octanol–water partition coefficient (Wildman–Crippen LogP) is 1.08. The second-order valence-electron chi connectivity index (χ2n) is 3.47. The summed E-state index contributed by atoms with van der Waals surface area (Å²) in [6, 6.07) is 5.16. The van der Waals surface area contributed by atoms with E-state index in [1.165, 1.54) is 0 Å². The molecule has 0 aliphatic rings. The SMILES string of the molecule is Cc1cc(-c2n[nH]c(S(N)(=O)=O)n2)ccc1Cl. The fourth-order valence-corrected chi connectivity index (χ4v) is 1.79. The van der Waals surface area contributed by atoms with E-state index >= 15 is 0 Å². The van der Waals surface area contributed by atoms with E-state index in [0.717, 1.165) is 5.56 Å². The monoisotopic (exact) mass is 272 g/mol. The number of nitrogens with one attached hydrogen (secondary N) is 1. The van der Waals surface area contributed by atoms with Gasteiger partial charge in [-0.3, -0.25) is 0 Å². The fraction of sp³-hybridized carbons (Fsp3) is 0.111. The zero-order valence-corrected chi connectivity index (χ0v) is 10.4. The summed E-state index contributed by atoms with van der Waals surface area (Å²) in [6.07, 6.45) is 0. The Balaban J connectivity index is 2.47. The Labute approximate surface area is 103 Å². The molecule has 0 amide bonds. The molecule has 0 radical (unpaired) electrons. The maximum Gasteiger partial charge on any atom is 0.273 e. The van der Waals surface area contributed by atoms with Crippen molar-refractivity contribution in [1.82, 2.24) is 15.2 Å². The Kier molecular flexibility index (Phi) is 2.90. The van der Waals surface area contributed by atoms with Gasteiger partial charge in [-0.2, -0.15) is 10.1 Å². The molecule has 6 nitrogen and oxygen atoms in total. The van der Waals surface area contributed by atoms with Gasteiger partial charge in [0.05, 0.1) is 0 Å². The van der Waals surface area contributed by atoms with Gasteiger partial charge < -0.3 is 0 Å². The van der Waals surface area contributed by atoms with Crippen LogP contribution in [0.15, 0.2) is 23.4 Å². The average molecular weight is 273 g/mol. The number of nitrogens with two attached hydrogens (primary N) is 1. The van der Waals surface area contributed by atoms with Crippen molar-refractivity contribution >= 4 is 21.6 Å². The number of benzene rings is 1. The first-order valence-electron chi connectivity index (χ1n) is 4.59. The highest BCUT2D eigenvalue weighted by atomic mass is 35.5. The molecular weight excluding hydrogens is 264 g/mol. The molecule has 1 heterocycles. The first-order chi connectivity index (χ1) is 7.88.